The van der Waals surface area contributed by atoms with Crippen LogP contribution in [0.3, 0.4) is 0 Å². The first-order valence-electron chi connectivity index (χ1n) is 7.23. The van der Waals surface area contributed by atoms with Crippen LogP contribution in [-0.4, -0.2) is 35.6 Å². The first-order chi connectivity index (χ1) is 10.2. The smallest absolute Gasteiger partial charge is 0.227 e. The number of nitrogens with zero attached hydrogens (tertiary/aromatic N) is 1. The number of benzene rings is 1. The molecule has 0 bridgehead atoms. The zero-order chi connectivity index (χ0) is 16.5. The molecule has 0 aromatic heterocycles. The van der Waals surface area contributed by atoms with Crippen molar-refractivity contribution in [2.45, 2.75) is 32.7 Å². The maximum Gasteiger partial charge on any atom is 0.227 e. The second-order valence-corrected chi connectivity index (χ2v) is 6.37. The third-order valence-electron chi connectivity index (χ3n) is 3.81. The molecule has 5 nitrogen and oxygen atoms in total. The summed E-state index contributed by atoms with van der Waals surface area (Å²) >= 11 is 0. The van der Waals surface area contributed by atoms with Crippen LogP contribution in [0.15, 0.2) is 18.2 Å². The molecule has 1 fully saturated rings. The Bertz CT molecular complexity index is 601. The molecule has 1 atom stereocenters. The van der Waals surface area contributed by atoms with Crippen molar-refractivity contribution in [2.24, 2.45) is 5.92 Å². The van der Waals surface area contributed by atoms with E-state index in [1.54, 1.807) is 26.8 Å². The lowest BCUT2D eigenvalue weighted by atomic mass is 10.0. The van der Waals surface area contributed by atoms with Gasteiger partial charge in [0.05, 0.1) is 18.1 Å². The van der Waals surface area contributed by atoms with Crippen molar-refractivity contribution >= 4 is 17.5 Å². The Hall–Kier alpha value is -1.95. The molecule has 2 amide bonds. The molecule has 1 aliphatic rings. The Morgan fingerprint density at radius 3 is 2.77 bits per heavy atom. The molecule has 22 heavy (non-hydrogen) atoms. The summed E-state index contributed by atoms with van der Waals surface area (Å²) in [5.74, 6) is -1.21. The molecule has 0 spiro atoms. The number of aryl methyl sites for hydroxylation is 1. The van der Waals surface area contributed by atoms with Crippen LogP contribution >= 0.6 is 0 Å². The lowest BCUT2D eigenvalue weighted by Gasteiger charge is -2.25. The molecule has 1 saturated heterocycles. The van der Waals surface area contributed by atoms with Gasteiger partial charge in [0.2, 0.25) is 11.8 Å². The quantitative estimate of drug-likeness (QED) is 0.883. The Morgan fingerprint density at radius 1 is 1.50 bits per heavy atom. The molecule has 0 saturated carbocycles. The summed E-state index contributed by atoms with van der Waals surface area (Å²) in [5, 5.41) is 11.9. The van der Waals surface area contributed by atoms with Gasteiger partial charge in [-0.25, -0.2) is 4.39 Å². The van der Waals surface area contributed by atoms with Crippen LogP contribution < -0.4 is 10.2 Å². The van der Waals surface area contributed by atoms with Gasteiger partial charge in [-0.3, -0.25) is 9.59 Å². The minimum atomic E-state index is -0.722. The molecule has 1 aromatic rings. The lowest BCUT2D eigenvalue weighted by molar-refractivity contribution is -0.128. The number of rotatable bonds is 4. The largest absolute Gasteiger partial charge is 0.394 e. The maximum absolute atomic E-state index is 13.3. The second-order valence-electron chi connectivity index (χ2n) is 6.37. The average molecular weight is 308 g/mol. The highest BCUT2D eigenvalue weighted by Gasteiger charge is 2.36. The average Bonchev–Trinajstić information content (AvgIpc) is 2.84. The van der Waals surface area contributed by atoms with Gasteiger partial charge in [-0.2, -0.15) is 0 Å². The molecular formula is C16H21FN2O3. The van der Waals surface area contributed by atoms with Crippen molar-refractivity contribution in [3.05, 3.63) is 29.6 Å². The summed E-state index contributed by atoms with van der Waals surface area (Å²) < 4.78 is 13.3. The number of nitrogens with one attached hydrogen (secondary N) is 1. The van der Waals surface area contributed by atoms with Crippen LogP contribution in [0.4, 0.5) is 10.1 Å². The highest BCUT2D eigenvalue weighted by Crippen LogP contribution is 2.27. The number of anilines is 1. The van der Waals surface area contributed by atoms with Crippen LogP contribution in [0.2, 0.25) is 0 Å². The van der Waals surface area contributed by atoms with Gasteiger partial charge < -0.3 is 15.3 Å². The van der Waals surface area contributed by atoms with Gasteiger partial charge in [-0.05, 0) is 44.5 Å². The number of aliphatic hydroxyl groups is 1. The van der Waals surface area contributed by atoms with E-state index in [0.717, 1.165) is 0 Å². The standard InChI is InChI=1S/C16H21FN2O3/c1-10-6-12(4-5-13(10)17)19-8-11(7-14(19)21)15(22)18-16(2,3)9-20/h4-6,11,20H,7-9H2,1-3H3,(H,18,22). The maximum atomic E-state index is 13.3. The molecule has 0 aliphatic carbocycles. The molecule has 2 N–H and O–H groups in total. The van der Waals surface area contributed by atoms with Crippen LogP contribution in [-0.2, 0) is 9.59 Å². The van der Waals surface area contributed by atoms with E-state index in [4.69, 9.17) is 0 Å². The second kappa shape index (κ2) is 6.04. The number of carbonyl (C=O) groups excluding carboxylic acids is 2. The molecule has 6 heteroatoms. The Kier molecular flexibility index (Phi) is 4.51. The van der Waals surface area contributed by atoms with Gasteiger partial charge in [0, 0.05) is 18.7 Å². The minimum Gasteiger partial charge on any atom is -0.394 e. The van der Waals surface area contributed by atoms with E-state index >= 15 is 0 Å². The molecule has 1 unspecified atom stereocenters. The predicted octanol–water partition coefficient (Wildman–Crippen LogP) is 1.37. The molecule has 1 heterocycles. The summed E-state index contributed by atoms with van der Waals surface area (Å²) in [6.07, 6.45) is 0.115. The number of hydrogen-bond donors (Lipinski definition) is 2. The number of hydrogen-bond acceptors (Lipinski definition) is 3. The van der Waals surface area contributed by atoms with Gasteiger partial charge in [0.1, 0.15) is 5.82 Å². The van der Waals surface area contributed by atoms with Gasteiger partial charge in [0.25, 0.3) is 0 Å². The fourth-order valence-electron chi connectivity index (χ4n) is 2.40. The Morgan fingerprint density at radius 2 is 2.18 bits per heavy atom. The van der Waals surface area contributed by atoms with Gasteiger partial charge >= 0.3 is 0 Å². The first-order valence-corrected chi connectivity index (χ1v) is 7.23. The van der Waals surface area contributed by atoms with Crippen molar-refractivity contribution in [1.29, 1.82) is 0 Å². The van der Waals surface area contributed by atoms with Crippen molar-refractivity contribution in [3.63, 3.8) is 0 Å². The van der Waals surface area contributed by atoms with Gasteiger partial charge in [0.15, 0.2) is 0 Å². The lowest BCUT2D eigenvalue weighted by Crippen LogP contribution is -2.49. The van der Waals surface area contributed by atoms with E-state index in [0.29, 0.717) is 11.3 Å². The summed E-state index contributed by atoms with van der Waals surface area (Å²) in [7, 11) is 0. The van der Waals surface area contributed by atoms with E-state index in [-0.39, 0.29) is 37.2 Å². The van der Waals surface area contributed by atoms with Crippen molar-refractivity contribution in [2.75, 3.05) is 18.1 Å². The van der Waals surface area contributed by atoms with Crippen LogP contribution in [0, 0.1) is 18.7 Å². The van der Waals surface area contributed by atoms with E-state index < -0.39 is 11.5 Å². The zero-order valence-corrected chi connectivity index (χ0v) is 13.0. The van der Waals surface area contributed by atoms with E-state index in [1.165, 1.54) is 17.0 Å². The third kappa shape index (κ3) is 3.44. The van der Waals surface area contributed by atoms with E-state index in [1.807, 2.05) is 0 Å². The SMILES string of the molecule is Cc1cc(N2CC(C(=O)NC(C)(C)CO)CC2=O)ccc1F. The normalized spacial score (nSPS) is 18.7. The molecule has 120 valence electrons. The first kappa shape index (κ1) is 16.4. The highest BCUT2D eigenvalue weighted by atomic mass is 19.1. The molecule has 1 aliphatic heterocycles. The van der Waals surface area contributed by atoms with Crippen LogP contribution in [0.25, 0.3) is 0 Å². The number of amides is 2. The molecule has 1 aromatic carbocycles. The summed E-state index contributed by atoms with van der Waals surface area (Å²) in [6, 6.07) is 4.46. The van der Waals surface area contributed by atoms with E-state index in [9.17, 15) is 19.1 Å². The van der Waals surface area contributed by atoms with E-state index in [2.05, 4.69) is 5.32 Å². The number of aliphatic hydroxyl groups excluding tert-OH is 1. The summed E-state index contributed by atoms with van der Waals surface area (Å²) in [5.41, 5.74) is 0.334. The Labute approximate surface area is 129 Å². The topological polar surface area (TPSA) is 69.6 Å². The fourth-order valence-corrected chi connectivity index (χ4v) is 2.40. The van der Waals surface area contributed by atoms with Crippen LogP contribution in [0.1, 0.15) is 25.8 Å². The minimum absolute atomic E-state index is 0.115. The molecule has 0 radical (unpaired) electrons. The van der Waals surface area contributed by atoms with Crippen molar-refractivity contribution in [3.8, 4) is 0 Å². The van der Waals surface area contributed by atoms with Crippen molar-refractivity contribution in [1.82, 2.24) is 5.32 Å². The highest BCUT2D eigenvalue weighted by molar-refractivity contribution is 6.00. The van der Waals surface area contributed by atoms with Gasteiger partial charge in [-0.15, -0.1) is 0 Å². The predicted molar refractivity (Wildman–Crippen MR) is 80.9 cm³/mol. The molecular weight excluding hydrogens is 287 g/mol. The number of halogens is 1. The van der Waals surface area contributed by atoms with Crippen molar-refractivity contribution < 1.29 is 19.1 Å². The third-order valence-corrected chi connectivity index (χ3v) is 3.81. The summed E-state index contributed by atoms with van der Waals surface area (Å²) in [6.45, 7) is 5.14. The Balaban J connectivity index is 2.10. The van der Waals surface area contributed by atoms with Gasteiger partial charge in [-0.1, -0.05) is 0 Å². The number of carbonyl (C=O) groups is 2. The molecule has 2 rings (SSSR count). The zero-order valence-electron chi connectivity index (χ0n) is 13.0. The fraction of sp³-hybridized carbons (Fsp3) is 0.500. The summed E-state index contributed by atoms with van der Waals surface area (Å²) in [4.78, 5) is 25.8. The monoisotopic (exact) mass is 308 g/mol. The van der Waals surface area contributed by atoms with Crippen LogP contribution in [0.5, 0.6) is 0 Å².